The van der Waals surface area contributed by atoms with Gasteiger partial charge in [-0.05, 0) is 25.0 Å². The van der Waals surface area contributed by atoms with Gasteiger partial charge in [0.05, 0.1) is 9.82 Å². The van der Waals surface area contributed by atoms with Crippen molar-refractivity contribution in [2.24, 2.45) is 0 Å². The van der Waals surface area contributed by atoms with Crippen LogP contribution in [0.2, 0.25) is 5.02 Å². The highest BCUT2D eigenvalue weighted by Gasteiger charge is 2.20. The molecule has 0 aromatic heterocycles. The lowest BCUT2D eigenvalue weighted by Gasteiger charge is -2.20. The summed E-state index contributed by atoms with van der Waals surface area (Å²) in [5, 5.41) is 12.0. The second kappa shape index (κ2) is 5.74. The Bertz CT molecular complexity index is 419. The molecule has 0 radical (unpaired) electrons. The minimum Gasteiger partial charge on any atom is -0.258 e. The molecule has 1 aromatic rings. The van der Waals surface area contributed by atoms with Gasteiger partial charge in [0.2, 0.25) is 0 Å². The fraction of sp³-hybridized carbons (Fsp3) is 0.500. The van der Waals surface area contributed by atoms with E-state index in [-0.39, 0.29) is 10.6 Å². The van der Waals surface area contributed by atoms with Crippen LogP contribution in [0.15, 0.2) is 23.1 Å². The van der Waals surface area contributed by atoms with Gasteiger partial charge in [-0.25, -0.2) is 0 Å². The number of nitro groups is 1. The summed E-state index contributed by atoms with van der Waals surface area (Å²) in [6.45, 7) is 0. The summed E-state index contributed by atoms with van der Waals surface area (Å²) in [4.78, 5) is 11.3. The number of nitro benzene ring substituents is 1. The zero-order valence-electron chi connectivity index (χ0n) is 9.39. The van der Waals surface area contributed by atoms with Crippen molar-refractivity contribution >= 4 is 29.1 Å². The fourth-order valence-electron chi connectivity index (χ4n) is 2.10. The minimum absolute atomic E-state index is 0.171. The first kappa shape index (κ1) is 12.7. The van der Waals surface area contributed by atoms with Gasteiger partial charge < -0.3 is 0 Å². The summed E-state index contributed by atoms with van der Waals surface area (Å²) in [6.07, 6.45) is 6.04. The Kier molecular flexibility index (Phi) is 4.29. The molecule has 1 aliphatic rings. The van der Waals surface area contributed by atoms with Crippen LogP contribution < -0.4 is 0 Å². The lowest BCUT2D eigenvalue weighted by molar-refractivity contribution is -0.387. The molecule has 17 heavy (non-hydrogen) atoms. The fourth-order valence-corrected chi connectivity index (χ4v) is 3.72. The Labute approximate surface area is 110 Å². The lowest BCUT2D eigenvalue weighted by atomic mass is 10.0. The average Bonchev–Trinajstić information content (AvgIpc) is 2.30. The van der Waals surface area contributed by atoms with Crippen molar-refractivity contribution in [1.82, 2.24) is 0 Å². The van der Waals surface area contributed by atoms with Crippen LogP contribution in [0.3, 0.4) is 0 Å². The van der Waals surface area contributed by atoms with Gasteiger partial charge >= 0.3 is 0 Å². The van der Waals surface area contributed by atoms with Crippen molar-refractivity contribution in [3.8, 4) is 0 Å². The molecule has 1 fully saturated rings. The highest BCUT2D eigenvalue weighted by molar-refractivity contribution is 8.00. The molecular weight excluding hydrogens is 258 g/mol. The van der Waals surface area contributed by atoms with Crippen LogP contribution in [0.1, 0.15) is 32.1 Å². The molecule has 5 heteroatoms. The first-order valence-corrected chi connectivity index (χ1v) is 7.03. The monoisotopic (exact) mass is 271 g/mol. The third-order valence-corrected chi connectivity index (χ3v) is 4.59. The van der Waals surface area contributed by atoms with Gasteiger partial charge in [-0.2, -0.15) is 0 Å². The highest BCUT2D eigenvalue weighted by Crippen LogP contribution is 2.39. The van der Waals surface area contributed by atoms with Crippen LogP contribution in [0, 0.1) is 10.1 Å². The second-order valence-electron chi connectivity index (χ2n) is 4.25. The molecule has 0 atom stereocenters. The molecule has 0 heterocycles. The maximum atomic E-state index is 10.9. The zero-order valence-corrected chi connectivity index (χ0v) is 11.0. The number of nitrogens with zero attached hydrogens (tertiary/aromatic N) is 1. The Hall–Kier alpha value is -0.740. The van der Waals surface area contributed by atoms with Crippen LogP contribution in [-0.4, -0.2) is 10.2 Å². The van der Waals surface area contributed by atoms with Crippen LogP contribution in [-0.2, 0) is 0 Å². The van der Waals surface area contributed by atoms with Crippen molar-refractivity contribution in [2.45, 2.75) is 42.2 Å². The SMILES string of the molecule is O=[N+]([O-])c1ccc(Cl)cc1SC1CCCCC1. The standard InChI is InChI=1S/C12H14ClNO2S/c13-9-6-7-11(14(15)16)12(8-9)17-10-4-2-1-3-5-10/h6-8,10H,1-5H2. The van der Waals surface area contributed by atoms with E-state index in [0.717, 1.165) is 12.8 Å². The number of halogens is 1. The third kappa shape index (κ3) is 3.36. The summed E-state index contributed by atoms with van der Waals surface area (Å²) >= 11 is 7.51. The number of rotatable bonds is 3. The first-order valence-electron chi connectivity index (χ1n) is 5.77. The number of hydrogen-bond acceptors (Lipinski definition) is 3. The molecule has 2 rings (SSSR count). The second-order valence-corrected chi connectivity index (χ2v) is 6.03. The molecular formula is C12H14ClNO2S. The zero-order chi connectivity index (χ0) is 12.3. The Morgan fingerprint density at radius 1 is 1.29 bits per heavy atom. The number of hydrogen-bond donors (Lipinski definition) is 0. The van der Waals surface area contributed by atoms with E-state index in [2.05, 4.69) is 0 Å². The topological polar surface area (TPSA) is 43.1 Å². The molecule has 0 N–H and O–H groups in total. The van der Waals surface area contributed by atoms with Gasteiger partial charge in [-0.15, -0.1) is 11.8 Å². The van der Waals surface area contributed by atoms with Gasteiger partial charge in [-0.1, -0.05) is 30.9 Å². The van der Waals surface area contributed by atoms with Crippen LogP contribution in [0.25, 0.3) is 0 Å². The van der Waals surface area contributed by atoms with Crippen molar-refractivity contribution < 1.29 is 4.92 Å². The normalized spacial score (nSPS) is 17.0. The summed E-state index contributed by atoms with van der Waals surface area (Å²) in [6, 6.07) is 4.77. The predicted molar refractivity (Wildman–Crippen MR) is 70.8 cm³/mol. The smallest absolute Gasteiger partial charge is 0.258 e. The number of thioether (sulfide) groups is 1. The maximum absolute atomic E-state index is 10.9. The predicted octanol–water partition coefficient (Wildman–Crippen LogP) is 4.67. The molecule has 3 nitrogen and oxygen atoms in total. The van der Waals surface area contributed by atoms with E-state index >= 15 is 0 Å². The van der Waals surface area contributed by atoms with Gasteiger partial charge in [0.1, 0.15) is 0 Å². The maximum Gasteiger partial charge on any atom is 0.282 e. The molecule has 1 aromatic carbocycles. The molecule has 0 saturated heterocycles. The van der Waals surface area contributed by atoms with Crippen LogP contribution in [0.5, 0.6) is 0 Å². The Morgan fingerprint density at radius 3 is 2.65 bits per heavy atom. The van der Waals surface area contributed by atoms with Gasteiger partial charge in [-0.3, -0.25) is 10.1 Å². The van der Waals surface area contributed by atoms with E-state index in [1.807, 2.05) is 0 Å². The largest absolute Gasteiger partial charge is 0.282 e. The third-order valence-electron chi connectivity index (χ3n) is 2.96. The first-order chi connectivity index (χ1) is 8.16. The van der Waals surface area contributed by atoms with Crippen LogP contribution in [0.4, 0.5) is 5.69 Å². The highest BCUT2D eigenvalue weighted by atomic mass is 35.5. The van der Waals surface area contributed by atoms with Crippen molar-refractivity contribution in [3.63, 3.8) is 0 Å². The van der Waals surface area contributed by atoms with E-state index in [1.165, 1.54) is 25.3 Å². The van der Waals surface area contributed by atoms with Crippen LogP contribution >= 0.6 is 23.4 Å². The lowest BCUT2D eigenvalue weighted by Crippen LogP contribution is -2.08. The summed E-state index contributed by atoms with van der Waals surface area (Å²) in [7, 11) is 0. The molecule has 1 aliphatic carbocycles. The van der Waals surface area contributed by atoms with E-state index in [0.29, 0.717) is 15.2 Å². The Balaban J connectivity index is 2.17. The molecule has 92 valence electrons. The molecule has 0 unspecified atom stereocenters. The quantitative estimate of drug-likeness (QED) is 0.592. The Morgan fingerprint density at radius 2 is 2.00 bits per heavy atom. The average molecular weight is 272 g/mol. The molecule has 0 amide bonds. The molecule has 0 spiro atoms. The van der Waals surface area contributed by atoms with E-state index in [1.54, 1.807) is 23.9 Å². The summed E-state index contributed by atoms with van der Waals surface area (Å²) in [5.41, 5.74) is 0.171. The molecule has 1 saturated carbocycles. The van der Waals surface area contributed by atoms with Crippen molar-refractivity contribution in [3.05, 3.63) is 33.3 Å². The van der Waals surface area contributed by atoms with E-state index in [4.69, 9.17) is 11.6 Å². The summed E-state index contributed by atoms with van der Waals surface area (Å²) in [5.74, 6) is 0. The number of benzene rings is 1. The molecule has 0 aliphatic heterocycles. The summed E-state index contributed by atoms with van der Waals surface area (Å²) < 4.78 is 0. The molecule has 0 bridgehead atoms. The van der Waals surface area contributed by atoms with Gasteiger partial charge in [0.25, 0.3) is 5.69 Å². The van der Waals surface area contributed by atoms with Crippen molar-refractivity contribution in [2.75, 3.05) is 0 Å². The van der Waals surface area contributed by atoms with E-state index in [9.17, 15) is 10.1 Å². The minimum atomic E-state index is -0.332. The van der Waals surface area contributed by atoms with E-state index < -0.39 is 0 Å². The van der Waals surface area contributed by atoms with Gasteiger partial charge in [0, 0.05) is 16.3 Å². The van der Waals surface area contributed by atoms with Crippen molar-refractivity contribution in [1.29, 1.82) is 0 Å². The van der Waals surface area contributed by atoms with Gasteiger partial charge in [0.15, 0.2) is 0 Å².